The zero-order chi connectivity index (χ0) is 18.4. The number of carbonyl (C=O) groups excluding carboxylic acids is 1. The first-order valence-electron chi connectivity index (χ1n) is 11.0. The van der Waals surface area contributed by atoms with Crippen molar-refractivity contribution in [1.82, 2.24) is 0 Å². The Balaban J connectivity index is 1.68. The highest BCUT2D eigenvalue weighted by molar-refractivity contribution is 5.80. The maximum absolute atomic E-state index is 11.5. The Kier molecular flexibility index (Phi) is 7.16. The first-order valence-corrected chi connectivity index (χ1v) is 11.0. The summed E-state index contributed by atoms with van der Waals surface area (Å²) in [6.07, 6.45) is 14.7. The molecule has 2 saturated carbocycles. The van der Waals surface area contributed by atoms with E-state index in [2.05, 4.69) is 13.0 Å². The summed E-state index contributed by atoms with van der Waals surface area (Å²) in [5, 5.41) is 0. The second-order valence-electron chi connectivity index (χ2n) is 8.51. The van der Waals surface area contributed by atoms with Gasteiger partial charge in [-0.15, -0.1) is 0 Å². The van der Waals surface area contributed by atoms with E-state index in [1.165, 1.54) is 69.8 Å². The summed E-state index contributed by atoms with van der Waals surface area (Å²) in [5.41, 5.74) is 1.99. The number of hydrogen-bond donors (Lipinski definition) is 0. The molecule has 2 nitrogen and oxygen atoms in total. The molecular weight excluding hydrogens is 320 g/mol. The van der Waals surface area contributed by atoms with Gasteiger partial charge in [0.05, 0.1) is 12.2 Å². The summed E-state index contributed by atoms with van der Waals surface area (Å²) in [5.74, 6) is 4.19. The Bertz CT molecular complexity index is 572. The van der Waals surface area contributed by atoms with Gasteiger partial charge in [-0.25, -0.2) is 0 Å². The number of rotatable bonds is 7. The highest BCUT2D eigenvalue weighted by Gasteiger charge is 2.33. The lowest BCUT2D eigenvalue weighted by molar-refractivity contribution is 0.111. The normalized spacial score (nSPS) is 29.3. The maximum atomic E-state index is 11.5. The first-order chi connectivity index (χ1) is 12.8. The van der Waals surface area contributed by atoms with Gasteiger partial charge in [-0.1, -0.05) is 57.6 Å². The van der Waals surface area contributed by atoms with E-state index < -0.39 is 0 Å². The SMILES string of the molecule is CCCC1CCC(C2CCCC(c3cccc(C=O)c3OCC)C2)CC1. The van der Waals surface area contributed by atoms with Crippen LogP contribution in [-0.4, -0.2) is 12.9 Å². The van der Waals surface area contributed by atoms with Crippen molar-refractivity contribution in [2.24, 2.45) is 17.8 Å². The van der Waals surface area contributed by atoms with Crippen LogP contribution < -0.4 is 4.74 Å². The van der Waals surface area contributed by atoms with E-state index >= 15 is 0 Å². The molecule has 0 radical (unpaired) electrons. The Labute approximate surface area is 159 Å². The van der Waals surface area contributed by atoms with Crippen LogP contribution >= 0.6 is 0 Å². The zero-order valence-electron chi connectivity index (χ0n) is 16.7. The molecule has 0 spiro atoms. The van der Waals surface area contributed by atoms with Crippen molar-refractivity contribution in [1.29, 1.82) is 0 Å². The third-order valence-corrected chi connectivity index (χ3v) is 6.90. The van der Waals surface area contributed by atoms with E-state index in [0.717, 1.165) is 29.8 Å². The van der Waals surface area contributed by atoms with Crippen LogP contribution in [-0.2, 0) is 0 Å². The van der Waals surface area contributed by atoms with Crippen LogP contribution in [0, 0.1) is 17.8 Å². The molecule has 2 aliphatic rings. The molecule has 0 heterocycles. The number of para-hydroxylation sites is 1. The molecule has 2 fully saturated rings. The minimum Gasteiger partial charge on any atom is -0.493 e. The summed E-state index contributed by atoms with van der Waals surface area (Å²) in [6, 6.07) is 6.11. The fourth-order valence-corrected chi connectivity index (χ4v) is 5.59. The lowest BCUT2D eigenvalue weighted by Crippen LogP contribution is -2.26. The summed E-state index contributed by atoms with van der Waals surface area (Å²) in [7, 11) is 0. The smallest absolute Gasteiger partial charge is 0.153 e. The second-order valence-corrected chi connectivity index (χ2v) is 8.51. The van der Waals surface area contributed by atoms with E-state index in [-0.39, 0.29) is 0 Å². The third-order valence-electron chi connectivity index (χ3n) is 6.90. The molecule has 0 saturated heterocycles. The van der Waals surface area contributed by atoms with E-state index in [1.807, 2.05) is 19.1 Å². The van der Waals surface area contributed by atoms with Crippen LogP contribution in [0.1, 0.15) is 99.9 Å². The molecule has 0 aliphatic heterocycles. The number of aldehydes is 1. The number of hydrogen-bond acceptors (Lipinski definition) is 2. The highest BCUT2D eigenvalue weighted by atomic mass is 16.5. The van der Waals surface area contributed by atoms with Crippen LogP contribution in [0.4, 0.5) is 0 Å². The molecule has 2 unspecified atom stereocenters. The summed E-state index contributed by atoms with van der Waals surface area (Å²) >= 11 is 0. The number of ether oxygens (including phenoxy) is 1. The lowest BCUT2D eigenvalue weighted by atomic mass is 9.67. The highest BCUT2D eigenvalue weighted by Crippen LogP contribution is 2.47. The fraction of sp³-hybridized carbons (Fsp3) is 0.708. The van der Waals surface area contributed by atoms with Gasteiger partial charge >= 0.3 is 0 Å². The maximum Gasteiger partial charge on any atom is 0.153 e. The number of benzene rings is 1. The predicted molar refractivity (Wildman–Crippen MR) is 108 cm³/mol. The second kappa shape index (κ2) is 9.58. The van der Waals surface area contributed by atoms with Crippen LogP contribution in [0.3, 0.4) is 0 Å². The van der Waals surface area contributed by atoms with E-state index in [4.69, 9.17) is 4.74 Å². The third kappa shape index (κ3) is 4.50. The molecule has 0 bridgehead atoms. The summed E-state index contributed by atoms with van der Waals surface area (Å²) < 4.78 is 5.90. The molecule has 1 aromatic carbocycles. The monoisotopic (exact) mass is 356 g/mol. The minimum absolute atomic E-state index is 0.559. The van der Waals surface area contributed by atoms with E-state index in [1.54, 1.807) is 0 Å². The number of carbonyl (C=O) groups is 1. The summed E-state index contributed by atoms with van der Waals surface area (Å²) in [4.78, 5) is 11.5. The average Bonchev–Trinajstić information content (AvgIpc) is 2.69. The van der Waals surface area contributed by atoms with Crippen molar-refractivity contribution in [3.63, 3.8) is 0 Å². The Morgan fingerprint density at radius 1 is 1.04 bits per heavy atom. The van der Waals surface area contributed by atoms with Gasteiger partial charge in [0, 0.05) is 0 Å². The van der Waals surface area contributed by atoms with Crippen molar-refractivity contribution >= 4 is 6.29 Å². The Morgan fingerprint density at radius 2 is 1.85 bits per heavy atom. The van der Waals surface area contributed by atoms with Gasteiger partial charge in [-0.3, -0.25) is 4.79 Å². The van der Waals surface area contributed by atoms with Crippen molar-refractivity contribution in [2.45, 2.75) is 84.0 Å². The lowest BCUT2D eigenvalue weighted by Gasteiger charge is -2.39. The van der Waals surface area contributed by atoms with Gasteiger partial charge < -0.3 is 4.74 Å². The van der Waals surface area contributed by atoms with E-state index in [0.29, 0.717) is 18.1 Å². The van der Waals surface area contributed by atoms with Gasteiger partial charge in [-0.05, 0) is 67.9 Å². The van der Waals surface area contributed by atoms with Gasteiger partial charge in [0.2, 0.25) is 0 Å². The van der Waals surface area contributed by atoms with Crippen LogP contribution in [0.15, 0.2) is 18.2 Å². The first kappa shape index (κ1) is 19.5. The van der Waals surface area contributed by atoms with Crippen molar-refractivity contribution < 1.29 is 9.53 Å². The van der Waals surface area contributed by atoms with Gasteiger partial charge in [0.25, 0.3) is 0 Å². The van der Waals surface area contributed by atoms with Crippen molar-refractivity contribution in [2.75, 3.05) is 6.61 Å². The predicted octanol–water partition coefficient (Wildman–Crippen LogP) is 6.78. The molecular formula is C24H36O2. The van der Waals surface area contributed by atoms with Crippen molar-refractivity contribution in [3.8, 4) is 5.75 Å². The molecule has 26 heavy (non-hydrogen) atoms. The largest absolute Gasteiger partial charge is 0.493 e. The van der Waals surface area contributed by atoms with Crippen LogP contribution in [0.2, 0.25) is 0 Å². The molecule has 3 rings (SSSR count). The molecule has 0 N–H and O–H groups in total. The molecule has 0 amide bonds. The average molecular weight is 357 g/mol. The quantitative estimate of drug-likeness (QED) is 0.503. The Hall–Kier alpha value is -1.31. The zero-order valence-corrected chi connectivity index (χ0v) is 16.7. The molecule has 2 atom stereocenters. The van der Waals surface area contributed by atoms with E-state index in [9.17, 15) is 4.79 Å². The van der Waals surface area contributed by atoms with Crippen molar-refractivity contribution in [3.05, 3.63) is 29.3 Å². The van der Waals surface area contributed by atoms with Gasteiger partial charge in [0.15, 0.2) is 6.29 Å². The Morgan fingerprint density at radius 3 is 2.54 bits per heavy atom. The van der Waals surface area contributed by atoms with Gasteiger partial charge in [-0.2, -0.15) is 0 Å². The minimum atomic E-state index is 0.559. The molecule has 0 aromatic heterocycles. The topological polar surface area (TPSA) is 26.3 Å². The standard InChI is InChI=1S/C24H36O2/c1-3-7-18-12-14-19(15-13-18)20-8-5-9-21(16-20)23-11-6-10-22(17-25)24(23)26-4-2/h6,10-11,17-21H,3-5,7-9,12-16H2,1-2H3. The molecule has 1 aromatic rings. The molecule has 2 aliphatic carbocycles. The fourth-order valence-electron chi connectivity index (χ4n) is 5.59. The molecule has 2 heteroatoms. The molecule has 144 valence electrons. The summed E-state index contributed by atoms with van der Waals surface area (Å²) in [6.45, 7) is 4.94. The van der Waals surface area contributed by atoms with Gasteiger partial charge in [0.1, 0.15) is 5.75 Å². The van der Waals surface area contributed by atoms with Crippen LogP contribution in [0.25, 0.3) is 0 Å². The van der Waals surface area contributed by atoms with Crippen LogP contribution in [0.5, 0.6) is 5.75 Å².